The van der Waals surface area contributed by atoms with Crippen molar-refractivity contribution in [3.8, 4) is 68.5 Å². The molecule has 0 fully saturated rings. The standard InChI is InChI=1S/C44H22Br4F16N8O4.Al.H2O/c45-21-17-18(22(46)24(48)23(21)47)34-70-33(17)68-31-15-7-3-1-5-13(15)29(66-31)65-30-14-6-2-4-8-16(14)32(67-30)69-35-19-20(36(71-34)72-35)26(74-10-42(59,60)38(51)52)28(76-12-44(63,64)40(55)56)27(75-11-43(61,62)39(53)54)25(19)73-9-41(57,58)37(49)50;;/h1-8,37-40H,9-12H2,(H2,65,66,67,68,69,70,71,72);;1H2/q;+3;/p-1. The van der Waals surface area contributed by atoms with E-state index in [9.17, 15) is 70.2 Å². The Morgan fingerprint density at radius 3 is 1.05 bits per heavy atom. The predicted molar refractivity (Wildman–Crippen MR) is 261 cm³/mol. The summed E-state index contributed by atoms with van der Waals surface area (Å²) in [5, 5.41) is 0.478. The molecule has 0 atom stereocenters. The van der Waals surface area contributed by atoms with Crippen molar-refractivity contribution < 1.29 is 93.4 Å². The first-order chi connectivity index (χ1) is 36.6. The molecule has 0 aliphatic carbocycles. The van der Waals surface area contributed by atoms with E-state index in [2.05, 4.69) is 88.6 Å². The van der Waals surface area contributed by atoms with E-state index in [0.717, 1.165) is 0 Å². The molecule has 0 spiro atoms. The number of fused-ring (bicyclic) bond motifs is 20. The summed E-state index contributed by atoms with van der Waals surface area (Å²) in [5.41, 5.74) is -2.44. The van der Waals surface area contributed by atoms with Crippen molar-refractivity contribution in [2.45, 2.75) is 49.4 Å². The number of nitrogens with one attached hydrogen (secondary N) is 2. The van der Waals surface area contributed by atoms with Crippen LogP contribution in [-0.2, 0) is 0 Å². The fourth-order valence-electron chi connectivity index (χ4n) is 7.41. The van der Waals surface area contributed by atoms with Crippen molar-refractivity contribution >= 4 is 124 Å². The molecule has 34 heteroatoms. The van der Waals surface area contributed by atoms with Gasteiger partial charge >= 0.3 is 70.2 Å². The van der Waals surface area contributed by atoms with E-state index in [-0.39, 0.29) is 63.6 Å². The van der Waals surface area contributed by atoms with Crippen LogP contribution in [0.1, 0.15) is 0 Å². The van der Waals surface area contributed by atoms with Gasteiger partial charge in [-0.25, -0.2) is 65.0 Å². The second-order valence-corrected chi connectivity index (χ2v) is 19.3. The van der Waals surface area contributed by atoms with Gasteiger partial charge in [0.2, 0.25) is 11.5 Å². The molecule has 2 aliphatic rings. The first-order valence-electron chi connectivity index (χ1n) is 21.1. The van der Waals surface area contributed by atoms with Crippen LogP contribution >= 0.6 is 63.7 Å². The minimum absolute atomic E-state index is 0.00185. The first-order valence-corrected chi connectivity index (χ1v) is 24.8. The van der Waals surface area contributed by atoms with E-state index in [1.807, 2.05) is 0 Å². The Balaban J connectivity index is 0.00000397. The van der Waals surface area contributed by atoms with Crippen LogP contribution in [0, 0.1) is 0 Å². The molecule has 2 aliphatic heterocycles. The van der Waals surface area contributed by atoms with E-state index in [1.54, 1.807) is 24.3 Å². The second kappa shape index (κ2) is 22.3. The van der Waals surface area contributed by atoms with Gasteiger partial charge in [-0.05, 0) is 63.7 Å². The average molecular weight is 1390 g/mol. The molecule has 78 heavy (non-hydrogen) atoms. The summed E-state index contributed by atoms with van der Waals surface area (Å²) < 4.78 is 257. The van der Waals surface area contributed by atoms with Crippen molar-refractivity contribution in [1.29, 1.82) is 0 Å². The van der Waals surface area contributed by atoms with Crippen LogP contribution in [0.25, 0.3) is 89.7 Å². The Morgan fingerprint density at radius 1 is 0.410 bits per heavy atom. The topological polar surface area (TPSA) is 166 Å². The van der Waals surface area contributed by atoms with E-state index < -0.39 is 127 Å². The Morgan fingerprint density at radius 2 is 0.692 bits per heavy atom. The van der Waals surface area contributed by atoms with Crippen LogP contribution in [-0.4, -0.2) is 136 Å². The van der Waals surface area contributed by atoms with Gasteiger partial charge in [0.1, 0.15) is 22.6 Å². The SMILES string of the molecule is FC(F)C(F)(F)COc1c(OCC(F)(F)C(F)F)c(OCC(F)(F)C(F)F)c2c(c1OCC(F)(F)C(F)F)-c1nc-2nc2[nH]c(nc3nc(nc4[nH]c(n1)c1ccccc41)-c1ccccc1-3)c1c(Br)c(Br)c(Br)c(Br)c21.[OH][Al+2]. The van der Waals surface area contributed by atoms with Crippen molar-refractivity contribution in [2.24, 2.45) is 0 Å². The Bertz CT molecular complexity index is 3660. The molecule has 0 saturated carbocycles. The third-order valence-electron chi connectivity index (χ3n) is 11.0. The maximum absolute atomic E-state index is 15.0. The molecule has 5 heterocycles. The van der Waals surface area contributed by atoms with Gasteiger partial charge in [0, 0.05) is 50.6 Å². The molecule has 3 aromatic heterocycles. The van der Waals surface area contributed by atoms with Gasteiger partial charge in [-0.3, -0.25) is 0 Å². The monoisotopic (exact) mass is 1390 g/mol. The van der Waals surface area contributed by atoms with Crippen molar-refractivity contribution in [3.63, 3.8) is 0 Å². The fourth-order valence-corrected chi connectivity index (χ4v) is 9.91. The number of aromatic amines is 2. The number of hydrogen-bond acceptors (Lipinski definition) is 11. The summed E-state index contributed by atoms with van der Waals surface area (Å²) in [7, 11) is 0. The molecule has 0 unspecified atom stereocenters. The van der Waals surface area contributed by atoms with E-state index in [1.165, 1.54) is 40.9 Å². The Kier molecular flexibility index (Phi) is 16.9. The summed E-state index contributed by atoms with van der Waals surface area (Å²) in [5.74, 6) is -30.6. The molecular formula is C44H23AlBr4F16N8O5+2. The number of alkyl halides is 16. The molecule has 0 saturated heterocycles. The van der Waals surface area contributed by atoms with Gasteiger partial charge in [0.25, 0.3) is 0 Å². The van der Waals surface area contributed by atoms with E-state index in [4.69, 9.17) is 38.1 Å². The van der Waals surface area contributed by atoms with Crippen LogP contribution in [0.4, 0.5) is 70.2 Å². The van der Waals surface area contributed by atoms with Crippen LogP contribution < -0.4 is 18.9 Å². The summed E-state index contributed by atoms with van der Waals surface area (Å²) in [6, 6.07) is 12.6. The first kappa shape index (κ1) is 58.9. The average Bonchev–Trinajstić information content (AvgIpc) is 4.31. The molecule has 4 aromatic carbocycles. The molecule has 9 rings (SSSR count). The van der Waals surface area contributed by atoms with Gasteiger partial charge < -0.3 is 28.9 Å². The Labute approximate surface area is 465 Å². The number of nitrogens with zero attached hydrogens (tertiary/aromatic N) is 6. The van der Waals surface area contributed by atoms with E-state index >= 15 is 0 Å². The number of rotatable bonds is 16. The molecule has 0 radical (unpaired) electrons. The van der Waals surface area contributed by atoms with Gasteiger partial charge in [-0.15, -0.1) is 0 Å². The quantitative estimate of drug-likeness (QED) is 0.0365. The van der Waals surface area contributed by atoms with Crippen molar-refractivity contribution in [2.75, 3.05) is 26.4 Å². The summed E-state index contributed by atoms with van der Waals surface area (Å²) in [6.45, 7) is -10.5. The molecule has 13 nitrogen and oxygen atoms in total. The molecule has 410 valence electrons. The number of halogens is 20. The fraction of sp³-hybridized carbons (Fsp3) is 0.273. The third-order valence-corrected chi connectivity index (χ3v) is 15.8. The molecule has 3 N–H and O–H groups in total. The predicted octanol–water partition coefficient (Wildman–Crippen LogP) is 14.1. The van der Waals surface area contributed by atoms with Crippen LogP contribution in [0.15, 0.2) is 66.4 Å². The zero-order valence-corrected chi connectivity index (χ0v) is 45.2. The zero-order valence-electron chi connectivity index (χ0n) is 37.7. The van der Waals surface area contributed by atoms with Gasteiger partial charge in [-0.2, -0.15) is 35.1 Å². The van der Waals surface area contributed by atoms with Crippen LogP contribution in [0.5, 0.6) is 23.0 Å². The maximum atomic E-state index is 15.0. The molecule has 7 aromatic rings. The number of H-pyrrole nitrogens is 2. The van der Waals surface area contributed by atoms with E-state index in [0.29, 0.717) is 15.6 Å². The number of ether oxygens (including phenoxy) is 4. The van der Waals surface area contributed by atoms with Crippen molar-refractivity contribution in [1.82, 2.24) is 39.9 Å². The third kappa shape index (κ3) is 11.0. The van der Waals surface area contributed by atoms with Crippen LogP contribution in [0.2, 0.25) is 0 Å². The van der Waals surface area contributed by atoms with Crippen molar-refractivity contribution in [3.05, 3.63) is 66.4 Å². The van der Waals surface area contributed by atoms with Crippen LogP contribution in [0.3, 0.4) is 0 Å². The molecule has 0 amide bonds. The second-order valence-electron chi connectivity index (χ2n) is 16.2. The van der Waals surface area contributed by atoms with Gasteiger partial charge in [0.15, 0.2) is 61.2 Å². The zero-order chi connectivity index (χ0) is 57.1. The Hall–Kier alpha value is -5.27. The van der Waals surface area contributed by atoms with Gasteiger partial charge in [0.05, 0.1) is 11.1 Å². The molecular weight excluding hydrogens is 1370 g/mol. The summed E-state index contributed by atoms with van der Waals surface area (Å²) in [4.78, 5) is 33.3. The normalized spacial score (nSPS) is 12.9. The number of benzene rings is 4. The minimum atomic E-state index is -5.35. The number of aromatic nitrogens is 8. The summed E-state index contributed by atoms with van der Waals surface area (Å²) >= 11 is 15.2. The number of hydrogen-bond donors (Lipinski definition) is 3. The van der Waals surface area contributed by atoms with Gasteiger partial charge in [-0.1, -0.05) is 48.5 Å². The summed E-state index contributed by atoms with van der Waals surface area (Å²) in [6.07, 6.45) is -18.6. The molecule has 8 bridgehead atoms.